The SMILES string of the molecule is CCSCC(C)(C)Oc1ccc(-c2cc3ccccc3o2)c(C(F)(F)F)c1. The smallest absolute Gasteiger partial charge is 0.417 e. The van der Waals surface area contributed by atoms with Crippen LogP contribution in [0.1, 0.15) is 26.3 Å². The summed E-state index contributed by atoms with van der Waals surface area (Å²) in [7, 11) is 0. The van der Waals surface area contributed by atoms with Crippen molar-refractivity contribution in [2.45, 2.75) is 32.5 Å². The average molecular weight is 394 g/mol. The molecule has 1 heterocycles. The molecule has 144 valence electrons. The highest BCUT2D eigenvalue weighted by Crippen LogP contribution is 2.41. The molecule has 3 rings (SSSR count). The summed E-state index contributed by atoms with van der Waals surface area (Å²) in [4.78, 5) is 0. The Morgan fingerprint density at radius 2 is 1.78 bits per heavy atom. The summed E-state index contributed by atoms with van der Waals surface area (Å²) in [6.45, 7) is 5.77. The van der Waals surface area contributed by atoms with Crippen LogP contribution in [0.4, 0.5) is 13.2 Å². The number of ether oxygens (including phenoxy) is 1. The number of benzene rings is 2. The van der Waals surface area contributed by atoms with E-state index in [0.717, 1.165) is 17.2 Å². The number of para-hydroxylation sites is 1. The third-order valence-corrected chi connectivity index (χ3v) is 5.34. The van der Waals surface area contributed by atoms with Crippen LogP contribution in [0.5, 0.6) is 5.75 Å². The summed E-state index contributed by atoms with van der Waals surface area (Å²) in [5.41, 5.74) is -0.770. The van der Waals surface area contributed by atoms with E-state index in [9.17, 15) is 13.2 Å². The van der Waals surface area contributed by atoms with Gasteiger partial charge in [0.2, 0.25) is 0 Å². The molecule has 0 spiro atoms. The zero-order valence-electron chi connectivity index (χ0n) is 15.4. The highest BCUT2D eigenvalue weighted by molar-refractivity contribution is 7.99. The number of furan rings is 1. The van der Waals surface area contributed by atoms with Crippen molar-refractivity contribution in [3.05, 3.63) is 54.1 Å². The minimum Gasteiger partial charge on any atom is -0.487 e. The normalized spacial score (nSPS) is 12.5. The molecule has 0 aliphatic carbocycles. The Hall–Kier alpha value is -2.08. The first-order chi connectivity index (χ1) is 12.7. The predicted molar refractivity (Wildman–Crippen MR) is 104 cm³/mol. The van der Waals surface area contributed by atoms with E-state index in [4.69, 9.17) is 9.15 Å². The van der Waals surface area contributed by atoms with Gasteiger partial charge in [0.15, 0.2) is 0 Å². The number of alkyl halides is 3. The van der Waals surface area contributed by atoms with Gasteiger partial charge in [-0.25, -0.2) is 0 Å². The average Bonchev–Trinajstić information content (AvgIpc) is 3.03. The van der Waals surface area contributed by atoms with Crippen LogP contribution in [-0.2, 0) is 6.18 Å². The number of hydrogen-bond acceptors (Lipinski definition) is 3. The van der Waals surface area contributed by atoms with Crippen LogP contribution >= 0.6 is 11.8 Å². The Bertz CT molecular complexity index is 896. The molecule has 0 N–H and O–H groups in total. The van der Waals surface area contributed by atoms with E-state index in [1.807, 2.05) is 26.8 Å². The summed E-state index contributed by atoms with van der Waals surface area (Å²) in [6.07, 6.45) is -4.52. The molecular formula is C21H21F3O2S. The van der Waals surface area contributed by atoms with Crippen molar-refractivity contribution in [1.29, 1.82) is 0 Å². The second-order valence-corrected chi connectivity index (χ2v) is 8.13. The van der Waals surface area contributed by atoms with Crippen LogP contribution in [0.25, 0.3) is 22.3 Å². The Morgan fingerprint density at radius 3 is 2.44 bits per heavy atom. The van der Waals surface area contributed by atoms with Crippen LogP contribution < -0.4 is 4.74 Å². The topological polar surface area (TPSA) is 22.4 Å². The van der Waals surface area contributed by atoms with Gasteiger partial charge in [0.1, 0.15) is 22.7 Å². The lowest BCUT2D eigenvalue weighted by atomic mass is 10.0. The van der Waals surface area contributed by atoms with Crippen LogP contribution in [0.3, 0.4) is 0 Å². The van der Waals surface area contributed by atoms with Crippen molar-refractivity contribution in [2.24, 2.45) is 0 Å². The predicted octanol–water partition coefficient (Wildman–Crippen LogP) is 7.03. The Labute approximate surface area is 160 Å². The Kier molecular flexibility index (Phi) is 5.47. The van der Waals surface area contributed by atoms with Gasteiger partial charge in [-0.05, 0) is 49.9 Å². The van der Waals surface area contributed by atoms with Crippen molar-refractivity contribution in [2.75, 3.05) is 11.5 Å². The molecule has 0 fully saturated rings. The second kappa shape index (κ2) is 7.50. The molecule has 0 amide bonds. The lowest BCUT2D eigenvalue weighted by Gasteiger charge is -2.26. The summed E-state index contributed by atoms with van der Waals surface area (Å²) >= 11 is 1.68. The van der Waals surface area contributed by atoms with Crippen LogP contribution in [-0.4, -0.2) is 17.1 Å². The highest BCUT2D eigenvalue weighted by atomic mass is 32.2. The molecule has 6 heteroatoms. The highest BCUT2D eigenvalue weighted by Gasteiger charge is 2.35. The third kappa shape index (κ3) is 4.61. The fourth-order valence-corrected chi connectivity index (χ4v) is 3.60. The first kappa shape index (κ1) is 19.7. The summed E-state index contributed by atoms with van der Waals surface area (Å²) < 4.78 is 52.6. The first-order valence-corrected chi connectivity index (χ1v) is 9.82. The lowest BCUT2D eigenvalue weighted by molar-refractivity contribution is -0.137. The second-order valence-electron chi connectivity index (χ2n) is 6.85. The first-order valence-electron chi connectivity index (χ1n) is 8.66. The van der Waals surface area contributed by atoms with E-state index in [-0.39, 0.29) is 17.1 Å². The minimum atomic E-state index is -4.52. The van der Waals surface area contributed by atoms with Crippen LogP contribution in [0.15, 0.2) is 52.9 Å². The van der Waals surface area contributed by atoms with E-state index in [1.165, 1.54) is 6.07 Å². The van der Waals surface area contributed by atoms with Crippen molar-refractivity contribution in [1.82, 2.24) is 0 Å². The molecule has 3 aromatic rings. The number of fused-ring (bicyclic) bond motifs is 1. The van der Waals surface area contributed by atoms with Crippen molar-refractivity contribution < 1.29 is 22.3 Å². The standard InChI is InChI=1S/C21H21F3O2S/c1-4-27-13-20(2,3)26-15-9-10-16(17(12-15)21(22,23)24)19-11-14-7-5-6-8-18(14)25-19/h5-12H,4,13H2,1-3H3. The van der Waals surface area contributed by atoms with Crippen molar-refractivity contribution in [3.63, 3.8) is 0 Å². The summed E-state index contributed by atoms with van der Waals surface area (Å²) in [5.74, 6) is 2.00. The number of rotatable bonds is 6. The van der Waals surface area contributed by atoms with Crippen LogP contribution in [0.2, 0.25) is 0 Å². The third-order valence-electron chi connectivity index (χ3n) is 4.04. The molecule has 0 saturated heterocycles. The summed E-state index contributed by atoms with van der Waals surface area (Å²) in [6, 6.07) is 12.8. The largest absolute Gasteiger partial charge is 0.487 e. The van der Waals surface area contributed by atoms with E-state index < -0.39 is 17.3 Å². The van der Waals surface area contributed by atoms with Gasteiger partial charge in [-0.15, -0.1) is 0 Å². The fraction of sp³-hybridized carbons (Fsp3) is 0.333. The summed E-state index contributed by atoms with van der Waals surface area (Å²) in [5, 5.41) is 0.763. The Balaban J connectivity index is 2.00. The van der Waals surface area contributed by atoms with Gasteiger partial charge in [-0.3, -0.25) is 0 Å². The van der Waals surface area contributed by atoms with Gasteiger partial charge >= 0.3 is 6.18 Å². The quantitative estimate of drug-likeness (QED) is 0.448. The molecule has 0 bridgehead atoms. The maximum absolute atomic E-state index is 13.7. The monoisotopic (exact) mass is 394 g/mol. The molecule has 0 atom stereocenters. The minimum absolute atomic E-state index is 0.00629. The maximum Gasteiger partial charge on any atom is 0.417 e. The molecule has 0 radical (unpaired) electrons. The zero-order chi connectivity index (χ0) is 19.7. The van der Waals surface area contributed by atoms with Gasteiger partial charge in [0, 0.05) is 16.7 Å². The molecule has 2 nitrogen and oxygen atoms in total. The number of halogens is 3. The molecule has 27 heavy (non-hydrogen) atoms. The van der Waals surface area contributed by atoms with E-state index in [1.54, 1.807) is 42.1 Å². The van der Waals surface area contributed by atoms with E-state index in [2.05, 4.69) is 0 Å². The van der Waals surface area contributed by atoms with Gasteiger partial charge in [0.25, 0.3) is 0 Å². The van der Waals surface area contributed by atoms with E-state index >= 15 is 0 Å². The Morgan fingerprint density at radius 1 is 1.04 bits per heavy atom. The maximum atomic E-state index is 13.7. The number of thioether (sulfide) groups is 1. The fourth-order valence-electron chi connectivity index (χ4n) is 2.85. The van der Waals surface area contributed by atoms with Gasteiger partial charge < -0.3 is 9.15 Å². The van der Waals surface area contributed by atoms with Crippen molar-refractivity contribution >= 4 is 22.7 Å². The molecule has 0 aliphatic heterocycles. The lowest BCUT2D eigenvalue weighted by Crippen LogP contribution is -2.31. The molecule has 0 aliphatic rings. The van der Waals surface area contributed by atoms with Gasteiger partial charge in [-0.1, -0.05) is 25.1 Å². The van der Waals surface area contributed by atoms with Gasteiger partial charge in [0.05, 0.1) is 5.56 Å². The molecule has 2 aromatic carbocycles. The molecular weight excluding hydrogens is 373 g/mol. The van der Waals surface area contributed by atoms with E-state index in [0.29, 0.717) is 11.3 Å². The molecule has 0 saturated carbocycles. The number of hydrogen-bond donors (Lipinski definition) is 0. The van der Waals surface area contributed by atoms with Gasteiger partial charge in [-0.2, -0.15) is 24.9 Å². The van der Waals surface area contributed by atoms with Crippen LogP contribution in [0, 0.1) is 0 Å². The zero-order valence-corrected chi connectivity index (χ0v) is 16.2. The van der Waals surface area contributed by atoms with Crippen molar-refractivity contribution in [3.8, 4) is 17.1 Å². The molecule has 1 aromatic heterocycles. The molecule has 0 unspecified atom stereocenters.